The molecule has 1 aromatic carbocycles. The first-order valence-corrected chi connectivity index (χ1v) is 10.4. The third-order valence-electron chi connectivity index (χ3n) is 4.61. The number of hydrogen-bond donors (Lipinski definition) is 2. The fourth-order valence-corrected chi connectivity index (χ4v) is 3.87. The fraction of sp³-hybridized carbons (Fsp3) is 0.500. The van der Waals surface area contributed by atoms with Gasteiger partial charge in [0.2, 0.25) is 0 Å². The zero-order valence-corrected chi connectivity index (χ0v) is 20.3. The van der Waals surface area contributed by atoms with Gasteiger partial charge in [0.25, 0.3) is 0 Å². The molecular formula is C20H29FIN5OS. The average Bonchev–Trinajstić information content (AvgIpc) is 3.02. The highest BCUT2D eigenvalue weighted by atomic mass is 127. The van der Waals surface area contributed by atoms with Gasteiger partial charge in [-0.3, -0.25) is 0 Å². The zero-order chi connectivity index (χ0) is 19.9. The Balaban J connectivity index is 0.00000300. The monoisotopic (exact) mass is 533 g/mol. The molecule has 1 fully saturated rings. The summed E-state index contributed by atoms with van der Waals surface area (Å²) in [5.41, 5.74) is 2.54. The van der Waals surface area contributed by atoms with Crippen LogP contribution in [0.25, 0.3) is 0 Å². The Hall–Kier alpha value is -1.46. The first-order valence-electron chi connectivity index (χ1n) is 9.63. The smallest absolute Gasteiger partial charge is 0.191 e. The zero-order valence-electron chi connectivity index (χ0n) is 17.1. The van der Waals surface area contributed by atoms with Gasteiger partial charge in [0.1, 0.15) is 10.8 Å². The third-order valence-corrected chi connectivity index (χ3v) is 5.68. The second-order valence-corrected chi connectivity index (χ2v) is 7.97. The van der Waals surface area contributed by atoms with Gasteiger partial charge >= 0.3 is 0 Å². The molecule has 0 atom stereocenters. The van der Waals surface area contributed by atoms with Gasteiger partial charge in [-0.05, 0) is 38.5 Å². The number of benzene rings is 1. The van der Waals surface area contributed by atoms with Crippen molar-refractivity contribution < 1.29 is 9.13 Å². The number of hydrogen-bond acceptors (Lipinski definition) is 5. The number of morpholine rings is 1. The lowest BCUT2D eigenvalue weighted by Crippen LogP contribution is -2.37. The van der Waals surface area contributed by atoms with Crippen LogP contribution in [0.4, 0.5) is 10.1 Å². The highest BCUT2D eigenvalue weighted by Crippen LogP contribution is 2.22. The quantitative estimate of drug-likeness (QED) is 0.338. The fourth-order valence-electron chi connectivity index (χ4n) is 3.00. The van der Waals surface area contributed by atoms with E-state index in [1.54, 1.807) is 17.4 Å². The second kappa shape index (κ2) is 11.7. The minimum atomic E-state index is -0.207. The summed E-state index contributed by atoms with van der Waals surface area (Å²) in [4.78, 5) is 12.4. The molecule has 1 aliphatic heterocycles. The summed E-state index contributed by atoms with van der Waals surface area (Å²) < 4.78 is 19.9. The van der Waals surface area contributed by atoms with Crippen molar-refractivity contribution in [3.05, 3.63) is 45.2 Å². The number of guanidine groups is 1. The minimum absolute atomic E-state index is 0. The molecule has 6 nitrogen and oxygen atoms in total. The van der Waals surface area contributed by atoms with Crippen molar-refractivity contribution in [1.82, 2.24) is 15.6 Å². The maximum atomic E-state index is 14.5. The Morgan fingerprint density at radius 1 is 1.28 bits per heavy atom. The van der Waals surface area contributed by atoms with Crippen LogP contribution in [-0.4, -0.2) is 43.8 Å². The van der Waals surface area contributed by atoms with Crippen LogP contribution in [0.15, 0.2) is 23.2 Å². The molecule has 2 heterocycles. The number of aliphatic imine (C=N–C) groups is 1. The number of aromatic nitrogens is 1. The highest BCUT2D eigenvalue weighted by Gasteiger charge is 2.15. The Kier molecular flexibility index (Phi) is 9.57. The minimum Gasteiger partial charge on any atom is -0.378 e. The number of halogens is 2. The van der Waals surface area contributed by atoms with Crippen LogP contribution in [0, 0.1) is 19.7 Å². The molecule has 0 saturated carbocycles. The summed E-state index contributed by atoms with van der Waals surface area (Å²) in [7, 11) is 0. The first-order chi connectivity index (χ1) is 13.6. The van der Waals surface area contributed by atoms with Crippen LogP contribution >= 0.6 is 35.3 Å². The molecule has 29 heavy (non-hydrogen) atoms. The highest BCUT2D eigenvalue weighted by molar-refractivity contribution is 14.0. The predicted molar refractivity (Wildman–Crippen MR) is 128 cm³/mol. The summed E-state index contributed by atoms with van der Waals surface area (Å²) in [5, 5.41) is 7.55. The van der Waals surface area contributed by atoms with E-state index in [1.807, 2.05) is 30.9 Å². The Morgan fingerprint density at radius 3 is 2.66 bits per heavy atom. The van der Waals surface area contributed by atoms with Crippen molar-refractivity contribution >= 4 is 47.0 Å². The molecule has 1 saturated heterocycles. The largest absolute Gasteiger partial charge is 0.378 e. The van der Waals surface area contributed by atoms with Crippen LogP contribution in [0.2, 0.25) is 0 Å². The maximum Gasteiger partial charge on any atom is 0.191 e. The van der Waals surface area contributed by atoms with Crippen molar-refractivity contribution in [2.45, 2.75) is 33.9 Å². The molecule has 0 radical (unpaired) electrons. The number of thiazole rings is 1. The van der Waals surface area contributed by atoms with Crippen molar-refractivity contribution in [2.24, 2.45) is 4.99 Å². The number of aryl methyl sites for hydroxylation is 2. The average molecular weight is 533 g/mol. The topological polar surface area (TPSA) is 61.8 Å². The number of nitrogens with one attached hydrogen (secondary N) is 2. The number of ether oxygens (including phenoxy) is 1. The van der Waals surface area contributed by atoms with Gasteiger partial charge in [-0.25, -0.2) is 14.4 Å². The molecule has 1 aliphatic rings. The van der Waals surface area contributed by atoms with E-state index >= 15 is 0 Å². The van der Waals surface area contributed by atoms with Crippen LogP contribution in [0.5, 0.6) is 0 Å². The summed E-state index contributed by atoms with van der Waals surface area (Å²) in [6.07, 6.45) is 0. The van der Waals surface area contributed by atoms with Crippen molar-refractivity contribution in [1.29, 1.82) is 0 Å². The lowest BCUT2D eigenvalue weighted by Gasteiger charge is -2.29. The molecule has 2 N–H and O–H groups in total. The van der Waals surface area contributed by atoms with Gasteiger partial charge < -0.3 is 20.3 Å². The molecule has 0 unspecified atom stereocenters. The Bertz CT molecular complexity index is 804. The summed E-state index contributed by atoms with van der Waals surface area (Å²) in [5.74, 6) is 0.493. The van der Waals surface area contributed by atoms with E-state index in [0.29, 0.717) is 38.0 Å². The van der Waals surface area contributed by atoms with Gasteiger partial charge in [-0.1, -0.05) is 6.07 Å². The van der Waals surface area contributed by atoms with E-state index < -0.39 is 0 Å². The summed E-state index contributed by atoms with van der Waals surface area (Å²) >= 11 is 1.69. The second-order valence-electron chi connectivity index (χ2n) is 6.68. The van der Waals surface area contributed by atoms with E-state index in [4.69, 9.17) is 4.74 Å². The standard InChI is InChI=1S/C20H28FN5OS.HI/c1-4-22-20(24-13-19-25-14(2)15(3)28-19)23-12-16-5-6-18(17(21)11-16)26-7-9-27-10-8-26;/h5-6,11H,4,7-10,12-13H2,1-3H3,(H2,22,23,24);1H. The van der Waals surface area contributed by atoms with E-state index in [2.05, 4.69) is 27.5 Å². The van der Waals surface area contributed by atoms with Gasteiger partial charge in [0.15, 0.2) is 5.96 Å². The van der Waals surface area contributed by atoms with Gasteiger partial charge in [0.05, 0.1) is 37.7 Å². The molecule has 3 rings (SSSR count). The molecule has 0 spiro atoms. The molecule has 9 heteroatoms. The Labute approximate surface area is 193 Å². The predicted octanol–water partition coefficient (Wildman–Crippen LogP) is 3.61. The SMILES string of the molecule is CCNC(=NCc1ccc(N2CCOCC2)c(F)c1)NCc1nc(C)c(C)s1.I. The van der Waals surface area contributed by atoms with E-state index in [9.17, 15) is 4.39 Å². The lowest BCUT2D eigenvalue weighted by molar-refractivity contribution is 0.122. The first kappa shape index (κ1) is 23.8. The molecule has 1 aromatic heterocycles. The Morgan fingerprint density at radius 2 is 2.03 bits per heavy atom. The molecule has 0 aliphatic carbocycles. The summed E-state index contributed by atoms with van der Waals surface area (Å²) in [6, 6.07) is 5.35. The molecule has 0 bridgehead atoms. The number of nitrogens with zero attached hydrogens (tertiary/aromatic N) is 3. The van der Waals surface area contributed by atoms with Crippen LogP contribution in [-0.2, 0) is 17.8 Å². The van der Waals surface area contributed by atoms with Crippen molar-refractivity contribution in [3.8, 4) is 0 Å². The lowest BCUT2D eigenvalue weighted by atomic mass is 10.1. The van der Waals surface area contributed by atoms with Crippen LogP contribution in [0.1, 0.15) is 28.1 Å². The van der Waals surface area contributed by atoms with Gasteiger partial charge in [-0.15, -0.1) is 35.3 Å². The van der Waals surface area contributed by atoms with E-state index in [-0.39, 0.29) is 29.8 Å². The van der Waals surface area contributed by atoms with Crippen molar-refractivity contribution in [3.63, 3.8) is 0 Å². The van der Waals surface area contributed by atoms with Gasteiger partial charge in [0, 0.05) is 24.5 Å². The molecule has 0 amide bonds. The number of anilines is 1. The molecule has 2 aromatic rings. The number of rotatable bonds is 6. The maximum absolute atomic E-state index is 14.5. The van der Waals surface area contributed by atoms with Crippen LogP contribution < -0.4 is 15.5 Å². The summed E-state index contributed by atoms with van der Waals surface area (Å²) in [6.45, 7) is 10.6. The van der Waals surface area contributed by atoms with Gasteiger partial charge in [-0.2, -0.15) is 0 Å². The molecule has 160 valence electrons. The van der Waals surface area contributed by atoms with E-state index in [0.717, 1.165) is 35.9 Å². The van der Waals surface area contributed by atoms with Crippen molar-refractivity contribution in [2.75, 3.05) is 37.7 Å². The van der Waals surface area contributed by atoms with Crippen LogP contribution in [0.3, 0.4) is 0 Å². The third kappa shape index (κ3) is 6.78. The van der Waals surface area contributed by atoms with E-state index in [1.165, 1.54) is 4.88 Å². The normalized spacial score (nSPS) is 14.5. The molecular weight excluding hydrogens is 504 g/mol.